The largest absolute Gasteiger partial charge is 0.355 e. The summed E-state index contributed by atoms with van der Waals surface area (Å²) in [5.41, 5.74) is 2.81. The highest BCUT2D eigenvalue weighted by Gasteiger charge is 2.17. The number of rotatable bonds is 3. The highest BCUT2D eigenvalue weighted by molar-refractivity contribution is 5.85. The van der Waals surface area contributed by atoms with E-state index in [0.29, 0.717) is 0 Å². The van der Waals surface area contributed by atoms with Crippen molar-refractivity contribution in [2.24, 2.45) is 0 Å². The average molecular weight is 305 g/mol. The van der Waals surface area contributed by atoms with Crippen molar-refractivity contribution in [3.05, 3.63) is 48.0 Å². The van der Waals surface area contributed by atoms with Crippen molar-refractivity contribution in [3.63, 3.8) is 0 Å². The summed E-state index contributed by atoms with van der Waals surface area (Å²) < 4.78 is 0. The van der Waals surface area contributed by atoms with Crippen molar-refractivity contribution in [3.8, 4) is 0 Å². The molecule has 1 aromatic carbocycles. The zero-order valence-corrected chi connectivity index (χ0v) is 12.9. The van der Waals surface area contributed by atoms with E-state index in [4.69, 9.17) is 0 Å². The third-order valence-corrected chi connectivity index (χ3v) is 4.18. The van der Waals surface area contributed by atoms with Gasteiger partial charge in [-0.05, 0) is 30.9 Å². The summed E-state index contributed by atoms with van der Waals surface area (Å²) in [6, 6.07) is 10.2. The minimum Gasteiger partial charge on any atom is -0.355 e. The van der Waals surface area contributed by atoms with Gasteiger partial charge in [0.25, 0.3) is 0 Å². The second-order valence-electron chi connectivity index (χ2n) is 5.81. The molecule has 1 fully saturated rings. The first-order valence-electron chi connectivity index (χ1n) is 8.09. The van der Waals surface area contributed by atoms with E-state index in [-0.39, 0.29) is 0 Å². The maximum Gasteiger partial charge on any atom is 0.183 e. The Kier molecular flexibility index (Phi) is 3.76. The summed E-state index contributed by atoms with van der Waals surface area (Å²) >= 11 is 0. The van der Waals surface area contributed by atoms with E-state index < -0.39 is 0 Å². The van der Waals surface area contributed by atoms with Crippen molar-refractivity contribution in [1.29, 1.82) is 0 Å². The predicted octanol–water partition coefficient (Wildman–Crippen LogP) is 3.51. The molecule has 1 saturated heterocycles. The molecule has 1 aliphatic heterocycles. The van der Waals surface area contributed by atoms with Gasteiger partial charge < -0.3 is 9.88 Å². The fourth-order valence-corrected chi connectivity index (χ4v) is 3.00. The lowest BCUT2D eigenvalue weighted by Crippen LogP contribution is -2.30. The van der Waals surface area contributed by atoms with E-state index in [2.05, 4.69) is 37.0 Å². The number of fused-ring (bicyclic) bond motifs is 1. The third-order valence-electron chi connectivity index (χ3n) is 4.18. The highest BCUT2D eigenvalue weighted by Crippen LogP contribution is 2.24. The van der Waals surface area contributed by atoms with Crippen LogP contribution < -0.4 is 4.90 Å². The molecule has 5 nitrogen and oxygen atoms in total. The van der Waals surface area contributed by atoms with Crippen LogP contribution in [0, 0.1) is 0 Å². The van der Waals surface area contributed by atoms with Crippen LogP contribution in [0.1, 0.15) is 30.7 Å². The monoisotopic (exact) mass is 305 g/mol. The van der Waals surface area contributed by atoms with Gasteiger partial charge in [-0.3, -0.25) is 0 Å². The number of aromatic amines is 1. The van der Waals surface area contributed by atoms with Gasteiger partial charge in [-0.15, -0.1) is 0 Å². The van der Waals surface area contributed by atoms with Crippen LogP contribution in [0.3, 0.4) is 0 Å². The van der Waals surface area contributed by atoms with E-state index in [1.54, 1.807) is 6.33 Å². The van der Waals surface area contributed by atoms with Gasteiger partial charge in [0.2, 0.25) is 0 Å². The summed E-state index contributed by atoms with van der Waals surface area (Å²) in [5.74, 6) is 1.78. The molecule has 1 N–H and O–H groups in total. The minimum atomic E-state index is 0.730. The van der Waals surface area contributed by atoms with Crippen molar-refractivity contribution in [2.75, 3.05) is 18.0 Å². The fourth-order valence-electron chi connectivity index (χ4n) is 3.00. The first-order chi connectivity index (χ1) is 11.4. The van der Waals surface area contributed by atoms with Crippen LogP contribution in [0.25, 0.3) is 23.3 Å². The van der Waals surface area contributed by atoms with Crippen LogP contribution >= 0.6 is 0 Å². The molecule has 4 rings (SSSR count). The second-order valence-corrected chi connectivity index (χ2v) is 5.81. The second kappa shape index (κ2) is 6.20. The van der Waals surface area contributed by atoms with E-state index in [1.807, 2.05) is 30.4 Å². The van der Waals surface area contributed by atoms with Crippen molar-refractivity contribution >= 4 is 29.1 Å². The molecule has 0 spiro atoms. The maximum atomic E-state index is 4.56. The lowest BCUT2D eigenvalue weighted by molar-refractivity contribution is 0.574. The van der Waals surface area contributed by atoms with E-state index in [9.17, 15) is 0 Å². The number of H-pyrrole nitrogens is 1. The lowest BCUT2D eigenvalue weighted by Gasteiger charge is -2.27. The van der Waals surface area contributed by atoms with Gasteiger partial charge in [-0.2, -0.15) is 0 Å². The van der Waals surface area contributed by atoms with Crippen LogP contribution in [0.2, 0.25) is 0 Å². The van der Waals surface area contributed by atoms with E-state index in [0.717, 1.165) is 41.5 Å². The van der Waals surface area contributed by atoms with Crippen molar-refractivity contribution in [1.82, 2.24) is 19.9 Å². The molecule has 116 valence electrons. The van der Waals surface area contributed by atoms with Gasteiger partial charge in [-0.25, -0.2) is 15.0 Å². The molecular formula is C18H19N5. The molecular weight excluding hydrogens is 286 g/mol. The van der Waals surface area contributed by atoms with Gasteiger partial charge in [0.15, 0.2) is 11.5 Å². The first kappa shape index (κ1) is 13.9. The van der Waals surface area contributed by atoms with Gasteiger partial charge in [-0.1, -0.05) is 36.4 Å². The molecule has 0 unspecified atom stereocenters. The summed E-state index contributed by atoms with van der Waals surface area (Å²) in [7, 11) is 0. The molecule has 1 aliphatic rings. The summed E-state index contributed by atoms with van der Waals surface area (Å²) in [6.45, 7) is 2.11. The van der Waals surface area contributed by atoms with Crippen LogP contribution in [0.4, 0.5) is 5.82 Å². The molecule has 0 aliphatic carbocycles. The number of hydrogen-bond acceptors (Lipinski definition) is 4. The molecule has 0 saturated carbocycles. The fraction of sp³-hybridized carbons (Fsp3) is 0.278. The molecule has 23 heavy (non-hydrogen) atoms. The number of hydrogen-bond donors (Lipinski definition) is 1. The number of imidazole rings is 1. The Balaban J connectivity index is 1.66. The summed E-state index contributed by atoms with van der Waals surface area (Å²) in [4.78, 5) is 19.0. The number of piperidine rings is 1. The number of anilines is 1. The number of nitrogens with zero attached hydrogens (tertiary/aromatic N) is 4. The summed E-state index contributed by atoms with van der Waals surface area (Å²) in [5, 5.41) is 0. The van der Waals surface area contributed by atoms with Crippen LogP contribution in [-0.4, -0.2) is 33.0 Å². The number of nitrogens with one attached hydrogen (secondary N) is 1. The Morgan fingerprint density at radius 2 is 1.78 bits per heavy atom. The zero-order chi connectivity index (χ0) is 15.5. The Hall–Kier alpha value is -2.69. The predicted molar refractivity (Wildman–Crippen MR) is 93.1 cm³/mol. The molecule has 0 radical (unpaired) electrons. The quantitative estimate of drug-likeness (QED) is 0.804. The highest BCUT2D eigenvalue weighted by atomic mass is 15.2. The standard InChI is InChI=1S/C18H19N5/c1-3-7-14(8-4-1)9-10-15-21-16-17(22-15)19-13-20-18(16)23-11-5-2-6-12-23/h1,3-4,7-10,13H,2,5-6,11-12H2,(H,19,20,21,22). The molecule has 0 bridgehead atoms. The lowest BCUT2D eigenvalue weighted by atomic mass is 10.1. The van der Waals surface area contributed by atoms with E-state index in [1.165, 1.54) is 19.3 Å². The average Bonchev–Trinajstić information content (AvgIpc) is 3.04. The Morgan fingerprint density at radius 3 is 2.61 bits per heavy atom. The van der Waals surface area contributed by atoms with E-state index >= 15 is 0 Å². The normalized spacial score (nSPS) is 15.6. The Bertz CT molecular complexity index is 816. The van der Waals surface area contributed by atoms with Gasteiger partial charge in [0, 0.05) is 13.1 Å². The first-order valence-corrected chi connectivity index (χ1v) is 8.09. The SMILES string of the molecule is C(=Cc1nc2ncnc(N3CCCCC3)c2[nH]1)c1ccccc1. The van der Waals surface area contributed by atoms with Crippen molar-refractivity contribution < 1.29 is 0 Å². The van der Waals surface area contributed by atoms with Crippen LogP contribution in [0.15, 0.2) is 36.7 Å². The maximum absolute atomic E-state index is 4.56. The molecule has 2 aromatic heterocycles. The molecule has 0 atom stereocenters. The Morgan fingerprint density at radius 1 is 0.957 bits per heavy atom. The molecule has 3 aromatic rings. The number of benzene rings is 1. The number of aromatic nitrogens is 4. The van der Waals surface area contributed by atoms with Gasteiger partial charge >= 0.3 is 0 Å². The minimum absolute atomic E-state index is 0.730. The molecule has 5 heteroatoms. The van der Waals surface area contributed by atoms with Crippen LogP contribution in [0.5, 0.6) is 0 Å². The zero-order valence-electron chi connectivity index (χ0n) is 12.9. The smallest absolute Gasteiger partial charge is 0.183 e. The Labute approximate surface area is 135 Å². The topological polar surface area (TPSA) is 57.7 Å². The van der Waals surface area contributed by atoms with Gasteiger partial charge in [0.05, 0.1) is 0 Å². The molecule has 3 heterocycles. The van der Waals surface area contributed by atoms with Crippen LogP contribution in [-0.2, 0) is 0 Å². The third kappa shape index (κ3) is 2.95. The van der Waals surface area contributed by atoms with Crippen molar-refractivity contribution in [2.45, 2.75) is 19.3 Å². The summed E-state index contributed by atoms with van der Waals surface area (Å²) in [6.07, 6.45) is 9.39. The van der Waals surface area contributed by atoms with Gasteiger partial charge in [0.1, 0.15) is 17.7 Å². The molecule has 0 amide bonds.